The highest BCUT2D eigenvalue weighted by Gasteiger charge is 2.32. The summed E-state index contributed by atoms with van der Waals surface area (Å²) in [5.74, 6) is 0. The molecule has 0 spiro atoms. The van der Waals surface area contributed by atoms with E-state index >= 15 is 0 Å². The summed E-state index contributed by atoms with van der Waals surface area (Å²) in [5.41, 5.74) is -1.53. The highest BCUT2D eigenvalue weighted by atomic mass is 19.4. The minimum Gasteiger partial charge on any atom is -0.404 e. The summed E-state index contributed by atoms with van der Waals surface area (Å²) in [5, 5.41) is 1.13. The number of alkyl halides is 3. The van der Waals surface area contributed by atoms with E-state index < -0.39 is 17.4 Å². The van der Waals surface area contributed by atoms with Crippen LogP contribution < -0.4 is 16.2 Å². The number of nitrogens with one attached hydrogen (secondary N) is 1. The molecule has 3 aromatic rings. The average Bonchev–Trinajstić information content (AvgIpc) is 2.88. The molecule has 3 rings (SSSR count). The molecular formula is C18H12F3NO2. The lowest BCUT2D eigenvalue weighted by atomic mass is 10.1. The van der Waals surface area contributed by atoms with Crippen molar-refractivity contribution in [1.29, 1.82) is 0 Å². The van der Waals surface area contributed by atoms with Gasteiger partial charge in [0.2, 0.25) is 5.55 Å². The number of aromatic amines is 1. The van der Waals surface area contributed by atoms with E-state index in [1.165, 1.54) is 18.2 Å². The lowest BCUT2D eigenvalue weighted by Gasteiger charge is -2.09. The van der Waals surface area contributed by atoms with Gasteiger partial charge in [0.1, 0.15) is 5.35 Å². The summed E-state index contributed by atoms with van der Waals surface area (Å²) in [6.45, 7) is 3.83. The van der Waals surface area contributed by atoms with Gasteiger partial charge in [0.25, 0.3) is 0 Å². The summed E-state index contributed by atoms with van der Waals surface area (Å²) in [6.07, 6.45) is -3.38. The van der Waals surface area contributed by atoms with Crippen LogP contribution in [0.1, 0.15) is 11.1 Å². The molecule has 6 heteroatoms. The molecule has 0 saturated heterocycles. The highest BCUT2D eigenvalue weighted by Crippen LogP contribution is 2.31. The van der Waals surface area contributed by atoms with Crippen molar-refractivity contribution in [3.05, 3.63) is 91.4 Å². The molecule has 1 heterocycles. The van der Waals surface area contributed by atoms with Crippen molar-refractivity contribution >= 4 is 12.7 Å². The van der Waals surface area contributed by atoms with Gasteiger partial charge in [-0.2, -0.15) is 13.2 Å². The Labute approximate surface area is 133 Å². The molecule has 0 saturated carbocycles. The fraction of sp³-hybridized carbons (Fsp3) is 0.0556. The van der Waals surface area contributed by atoms with Gasteiger partial charge in [-0.15, -0.1) is 0 Å². The highest BCUT2D eigenvalue weighted by molar-refractivity contribution is 5.53. The topological polar surface area (TPSA) is 46.0 Å². The van der Waals surface area contributed by atoms with Crippen molar-refractivity contribution in [1.82, 2.24) is 4.98 Å². The lowest BCUT2D eigenvalue weighted by Crippen LogP contribution is -2.21. The van der Waals surface area contributed by atoms with Crippen molar-refractivity contribution in [2.45, 2.75) is 6.18 Å². The van der Waals surface area contributed by atoms with E-state index in [1.807, 2.05) is 0 Å². The molecule has 0 atom stereocenters. The minimum absolute atomic E-state index is 0.0649. The van der Waals surface area contributed by atoms with Crippen LogP contribution in [0.15, 0.2) is 57.7 Å². The molecule has 0 bridgehead atoms. The van der Waals surface area contributed by atoms with Crippen LogP contribution in [0.2, 0.25) is 0 Å². The third-order valence-electron chi connectivity index (χ3n) is 3.49. The molecule has 3 nitrogen and oxygen atoms in total. The number of hydrogen-bond donors (Lipinski definition) is 1. The summed E-state index contributed by atoms with van der Waals surface area (Å²) < 4.78 is 44.2. The Morgan fingerprint density at radius 2 is 1.71 bits per heavy atom. The van der Waals surface area contributed by atoms with Crippen LogP contribution in [0.5, 0.6) is 0 Å². The predicted molar refractivity (Wildman–Crippen MR) is 83.2 cm³/mol. The molecule has 122 valence electrons. The van der Waals surface area contributed by atoms with Crippen molar-refractivity contribution < 1.29 is 17.6 Å². The van der Waals surface area contributed by atoms with Crippen LogP contribution >= 0.6 is 0 Å². The fourth-order valence-corrected chi connectivity index (χ4v) is 2.34. The number of oxazole rings is 1. The van der Waals surface area contributed by atoms with Gasteiger partial charge < -0.3 is 9.40 Å². The number of aromatic nitrogens is 1. The molecular weight excluding hydrogens is 319 g/mol. The number of halogens is 3. The second-order valence-corrected chi connectivity index (χ2v) is 5.14. The molecule has 0 radical (unpaired) electrons. The standard InChI is InChI=1S/C18H12F3NO2/c1-11-6-2-4-8-13(11)16-22-15(17(23)24-16)10-12-7-3-5-9-14(12)18(19,20)21/h2-10,22H,1H2/b15-10-,16-13?. The van der Waals surface area contributed by atoms with Crippen LogP contribution in [-0.4, -0.2) is 4.98 Å². The Balaban J connectivity index is 2.30. The predicted octanol–water partition coefficient (Wildman–Crippen LogP) is 2.51. The number of benzene rings is 2. The zero-order valence-corrected chi connectivity index (χ0v) is 12.4. The van der Waals surface area contributed by atoms with Crippen LogP contribution in [0.25, 0.3) is 12.7 Å². The second-order valence-electron chi connectivity index (χ2n) is 5.14. The van der Waals surface area contributed by atoms with Crippen molar-refractivity contribution in [2.24, 2.45) is 0 Å². The van der Waals surface area contributed by atoms with Gasteiger partial charge in [-0.25, -0.2) is 4.79 Å². The maximum Gasteiger partial charge on any atom is 0.416 e. The molecule has 0 amide bonds. The summed E-state index contributed by atoms with van der Waals surface area (Å²) in [4.78, 5) is 14.7. The van der Waals surface area contributed by atoms with Gasteiger partial charge in [0.15, 0.2) is 0 Å². The molecule has 0 aliphatic rings. The first kappa shape index (κ1) is 15.9. The Hall–Kier alpha value is -3.02. The first-order valence-corrected chi connectivity index (χ1v) is 7.01. The quantitative estimate of drug-likeness (QED) is 0.745. The molecule has 2 aromatic carbocycles. The number of H-pyrrole nitrogens is 1. The Kier molecular flexibility index (Phi) is 3.89. The molecule has 0 unspecified atom stereocenters. The lowest BCUT2D eigenvalue weighted by molar-refractivity contribution is -0.137. The molecule has 1 aromatic heterocycles. The Morgan fingerprint density at radius 3 is 2.42 bits per heavy atom. The third-order valence-corrected chi connectivity index (χ3v) is 3.49. The molecule has 1 N–H and O–H groups in total. The largest absolute Gasteiger partial charge is 0.416 e. The average molecular weight is 331 g/mol. The summed E-state index contributed by atoms with van der Waals surface area (Å²) in [6, 6.07) is 12.0. The maximum absolute atomic E-state index is 13.0. The van der Waals surface area contributed by atoms with Crippen molar-refractivity contribution in [2.75, 3.05) is 0 Å². The Morgan fingerprint density at radius 1 is 1.04 bits per heavy atom. The first-order valence-electron chi connectivity index (χ1n) is 7.01. The van der Waals surface area contributed by atoms with E-state index in [0.717, 1.165) is 12.1 Å². The van der Waals surface area contributed by atoms with E-state index in [1.54, 1.807) is 24.3 Å². The van der Waals surface area contributed by atoms with Gasteiger partial charge in [0.05, 0.1) is 5.56 Å². The third kappa shape index (κ3) is 3.03. The Bertz CT molecular complexity index is 1140. The number of rotatable bonds is 1. The minimum atomic E-state index is -4.51. The monoisotopic (exact) mass is 331 g/mol. The van der Waals surface area contributed by atoms with Crippen LogP contribution in [0.4, 0.5) is 13.2 Å². The molecule has 0 aliphatic carbocycles. The van der Waals surface area contributed by atoms with Crippen LogP contribution in [0.3, 0.4) is 0 Å². The molecule has 0 fully saturated rings. The summed E-state index contributed by atoms with van der Waals surface area (Å²) in [7, 11) is 0. The van der Waals surface area contributed by atoms with Gasteiger partial charge in [-0.3, -0.25) is 0 Å². The zero-order chi connectivity index (χ0) is 17.3. The normalized spacial score (nSPS) is 14.0. The van der Waals surface area contributed by atoms with E-state index in [-0.39, 0.29) is 16.5 Å². The molecule has 24 heavy (non-hydrogen) atoms. The van der Waals surface area contributed by atoms with Crippen LogP contribution in [0, 0.1) is 10.8 Å². The molecule has 0 aliphatic heterocycles. The second kappa shape index (κ2) is 5.88. The smallest absolute Gasteiger partial charge is 0.404 e. The van der Waals surface area contributed by atoms with E-state index in [0.29, 0.717) is 10.4 Å². The van der Waals surface area contributed by atoms with Gasteiger partial charge in [-0.1, -0.05) is 43.0 Å². The summed E-state index contributed by atoms with van der Waals surface area (Å²) >= 11 is 0. The van der Waals surface area contributed by atoms with Crippen molar-refractivity contribution in [3.8, 4) is 0 Å². The SMILES string of the molecule is C=c1ccccc1=c1[nH]/c(=C\c2ccccc2C(F)(F)F)c(=O)o1. The zero-order valence-electron chi connectivity index (χ0n) is 12.4. The number of hydrogen-bond acceptors (Lipinski definition) is 2. The van der Waals surface area contributed by atoms with E-state index in [2.05, 4.69) is 11.6 Å². The van der Waals surface area contributed by atoms with E-state index in [9.17, 15) is 18.0 Å². The van der Waals surface area contributed by atoms with Crippen LogP contribution in [-0.2, 0) is 6.18 Å². The van der Waals surface area contributed by atoms with Gasteiger partial charge >= 0.3 is 11.8 Å². The first-order chi connectivity index (χ1) is 11.4. The van der Waals surface area contributed by atoms with Crippen molar-refractivity contribution in [3.63, 3.8) is 0 Å². The maximum atomic E-state index is 13.0. The van der Waals surface area contributed by atoms with Gasteiger partial charge in [-0.05, 0) is 29.0 Å². The van der Waals surface area contributed by atoms with E-state index in [4.69, 9.17) is 4.42 Å². The fourth-order valence-electron chi connectivity index (χ4n) is 2.34. The van der Waals surface area contributed by atoms with Gasteiger partial charge in [0, 0.05) is 5.22 Å².